The van der Waals surface area contributed by atoms with Gasteiger partial charge in [0.15, 0.2) is 4.80 Å². The second-order valence-electron chi connectivity index (χ2n) is 6.57. The average molecular weight is 370 g/mol. The van der Waals surface area contributed by atoms with Gasteiger partial charge in [-0.15, -0.1) is 22.7 Å². The summed E-state index contributed by atoms with van der Waals surface area (Å²) in [6, 6.07) is 8.89. The molecule has 3 heterocycles. The van der Waals surface area contributed by atoms with Crippen LogP contribution >= 0.6 is 22.7 Å². The van der Waals surface area contributed by atoms with Gasteiger partial charge in [0.05, 0.1) is 22.5 Å². The molecule has 1 saturated carbocycles. The van der Waals surface area contributed by atoms with Gasteiger partial charge >= 0.3 is 0 Å². The zero-order valence-corrected chi connectivity index (χ0v) is 15.9. The van der Waals surface area contributed by atoms with Gasteiger partial charge in [-0.05, 0) is 36.4 Å². The zero-order valence-electron chi connectivity index (χ0n) is 14.3. The molecule has 0 spiro atoms. The first-order valence-corrected chi connectivity index (χ1v) is 10.9. The van der Waals surface area contributed by atoms with E-state index in [4.69, 9.17) is 4.99 Å². The lowest BCUT2D eigenvalue weighted by Gasteiger charge is -2.23. The highest BCUT2D eigenvalue weighted by molar-refractivity contribution is 7.14. The predicted molar refractivity (Wildman–Crippen MR) is 106 cm³/mol. The maximum atomic E-state index is 4.92. The molecule has 0 aliphatic heterocycles. The van der Waals surface area contributed by atoms with E-state index in [1.807, 2.05) is 29.7 Å². The minimum atomic E-state index is 0.555. The van der Waals surface area contributed by atoms with Crippen molar-refractivity contribution >= 4 is 28.4 Å². The van der Waals surface area contributed by atoms with Crippen LogP contribution in [-0.4, -0.2) is 9.55 Å². The summed E-state index contributed by atoms with van der Waals surface area (Å²) in [5.41, 5.74) is 2.26. The van der Waals surface area contributed by atoms with Gasteiger partial charge in [-0.1, -0.05) is 38.2 Å². The van der Waals surface area contributed by atoms with Crippen LogP contribution in [0, 0.1) is 0 Å². The highest BCUT2D eigenvalue weighted by Crippen LogP contribution is 2.33. The van der Waals surface area contributed by atoms with Crippen molar-refractivity contribution in [1.29, 1.82) is 0 Å². The van der Waals surface area contributed by atoms with Gasteiger partial charge < -0.3 is 4.57 Å². The third kappa shape index (κ3) is 3.93. The lowest BCUT2D eigenvalue weighted by molar-refractivity contribution is 0.369. The van der Waals surface area contributed by atoms with Crippen molar-refractivity contribution in [1.82, 2.24) is 9.55 Å². The van der Waals surface area contributed by atoms with E-state index in [9.17, 15) is 0 Å². The Morgan fingerprint density at radius 2 is 1.84 bits per heavy atom. The summed E-state index contributed by atoms with van der Waals surface area (Å²) in [5, 5.41) is 4.44. The fraction of sp³-hybridized carbons (Fsp3) is 0.400. The molecule has 1 fully saturated rings. The summed E-state index contributed by atoms with van der Waals surface area (Å²) in [6.07, 6.45) is 12.9. The lowest BCUT2D eigenvalue weighted by atomic mass is 9.96. The molecule has 0 aromatic carbocycles. The molecule has 0 atom stereocenters. The van der Waals surface area contributed by atoms with Crippen molar-refractivity contribution in [3.05, 3.63) is 52.2 Å². The van der Waals surface area contributed by atoms with E-state index < -0.39 is 0 Å². The second kappa shape index (κ2) is 8.11. The quantitative estimate of drug-likeness (QED) is 0.541. The first-order chi connectivity index (χ1) is 12.4. The molecule has 3 aromatic rings. The summed E-state index contributed by atoms with van der Waals surface area (Å²) < 4.78 is 2.51. The third-order valence-electron chi connectivity index (χ3n) is 4.83. The van der Waals surface area contributed by atoms with Gasteiger partial charge in [0.2, 0.25) is 0 Å². The van der Waals surface area contributed by atoms with Crippen molar-refractivity contribution in [2.24, 2.45) is 4.99 Å². The number of hydrogen-bond acceptors (Lipinski definition) is 4. The average Bonchev–Trinajstić information content (AvgIpc) is 3.26. The van der Waals surface area contributed by atoms with Gasteiger partial charge in [0.25, 0.3) is 0 Å². The van der Waals surface area contributed by atoms with Crippen LogP contribution in [0.2, 0.25) is 0 Å². The number of aromatic nitrogens is 2. The number of nitrogens with zero attached hydrogens (tertiary/aromatic N) is 3. The molecule has 3 aromatic heterocycles. The van der Waals surface area contributed by atoms with E-state index >= 15 is 0 Å². The molecule has 1 aliphatic carbocycles. The van der Waals surface area contributed by atoms with Crippen LogP contribution in [0.4, 0.5) is 5.69 Å². The van der Waals surface area contributed by atoms with E-state index in [1.165, 1.54) is 55.5 Å². The van der Waals surface area contributed by atoms with Gasteiger partial charge in [-0.25, -0.2) is 4.99 Å². The minimum Gasteiger partial charge on any atom is -0.313 e. The molecule has 25 heavy (non-hydrogen) atoms. The van der Waals surface area contributed by atoms with Gasteiger partial charge in [-0.3, -0.25) is 4.98 Å². The highest BCUT2D eigenvalue weighted by Gasteiger charge is 2.19. The van der Waals surface area contributed by atoms with Crippen LogP contribution in [-0.2, 0) is 0 Å². The maximum absolute atomic E-state index is 4.92. The summed E-state index contributed by atoms with van der Waals surface area (Å²) in [4.78, 5) is 11.6. The van der Waals surface area contributed by atoms with Crippen molar-refractivity contribution < 1.29 is 0 Å². The Morgan fingerprint density at radius 1 is 1.00 bits per heavy atom. The molecule has 5 heteroatoms. The van der Waals surface area contributed by atoms with E-state index in [0.29, 0.717) is 6.04 Å². The first-order valence-electron chi connectivity index (χ1n) is 9.10. The minimum absolute atomic E-state index is 0.555. The number of thiophene rings is 1. The largest absolute Gasteiger partial charge is 0.313 e. The maximum Gasteiger partial charge on any atom is 0.190 e. The molecular weight excluding hydrogens is 346 g/mol. The zero-order chi connectivity index (χ0) is 16.9. The van der Waals surface area contributed by atoms with Crippen LogP contribution in [0.25, 0.3) is 10.6 Å². The fourth-order valence-corrected chi connectivity index (χ4v) is 5.37. The van der Waals surface area contributed by atoms with Crippen LogP contribution in [0.3, 0.4) is 0 Å². The SMILES string of the molecule is c1cncc(N=c2scc(-c3cccs3)n2C2CCCCCCC2)c1. The van der Waals surface area contributed by atoms with Crippen molar-refractivity contribution in [3.63, 3.8) is 0 Å². The Balaban J connectivity index is 1.80. The highest BCUT2D eigenvalue weighted by atomic mass is 32.1. The summed E-state index contributed by atoms with van der Waals surface area (Å²) in [7, 11) is 0. The fourth-order valence-electron chi connectivity index (χ4n) is 3.58. The van der Waals surface area contributed by atoms with Gasteiger partial charge in [0.1, 0.15) is 0 Å². The van der Waals surface area contributed by atoms with Crippen molar-refractivity contribution in [2.45, 2.75) is 51.0 Å². The Kier molecular flexibility index (Phi) is 5.43. The standard InChI is InChI=1S/C20H23N3S2/c1-2-4-9-17(10-5-3-1)23-18(19-11-7-13-24-19)15-25-20(23)22-16-8-6-12-21-14-16/h6-8,11-15,17H,1-5,9-10H2. The number of pyridine rings is 1. The molecule has 0 radical (unpaired) electrons. The molecule has 0 N–H and O–H groups in total. The van der Waals surface area contributed by atoms with E-state index in [2.05, 4.69) is 32.4 Å². The van der Waals surface area contributed by atoms with Crippen LogP contribution in [0.1, 0.15) is 51.0 Å². The van der Waals surface area contributed by atoms with E-state index in [-0.39, 0.29) is 0 Å². The monoisotopic (exact) mass is 369 g/mol. The molecular formula is C20H23N3S2. The molecule has 0 saturated heterocycles. The lowest BCUT2D eigenvalue weighted by Crippen LogP contribution is -2.22. The smallest absolute Gasteiger partial charge is 0.190 e. The summed E-state index contributed by atoms with van der Waals surface area (Å²) >= 11 is 3.57. The van der Waals surface area contributed by atoms with Crippen LogP contribution in [0.5, 0.6) is 0 Å². The van der Waals surface area contributed by atoms with E-state index in [1.54, 1.807) is 17.5 Å². The second-order valence-corrected chi connectivity index (χ2v) is 8.36. The van der Waals surface area contributed by atoms with E-state index in [0.717, 1.165) is 10.5 Å². The van der Waals surface area contributed by atoms with Crippen LogP contribution in [0.15, 0.2) is 52.4 Å². The molecule has 1 aliphatic rings. The normalized spacial score (nSPS) is 17.4. The number of thiazole rings is 1. The molecule has 4 rings (SSSR count). The predicted octanol–water partition coefficient (Wildman–Crippen LogP) is 6.19. The van der Waals surface area contributed by atoms with Crippen molar-refractivity contribution in [2.75, 3.05) is 0 Å². The Morgan fingerprint density at radius 3 is 2.56 bits per heavy atom. The van der Waals surface area contributed by atoms with Gasteiger partial charge in [0, 0.05) is 17.6 Å². The number of rotatable bonds is 3. The molecule has 0 bridgehead atoms. The Bertz CT molecular complexity index is 839. The van der Waals surface area contributed by atoms with Crippen LogP contribution < -0.4 is 4.80 Å². The third-order valence-corrected chi connectivity index (χ3v) is 6.56. The molecule has 130 valence electrons. The molecule has 0 unspecified atom stereocenters. The summed E-state index contributed by atoms with van der Waals surface area (Å²) in [5.74, 6) is 0. The van der Waals surface area contributed by atoms with Crippen molar-refractivity contribution in [3.8, 4) is 10.6 Å². The summed E-state index contributed by atoms with van der Waals surface area (Å²) in [6.45, 7) is 0. The Hall–Kier alpha value is -1.72. The first kappa shape index (κ1) is 16.7. The molecule has 3 nitrogen and oxygen atoms in total. The molecule has 0 amide bonds. The van der Waals surface area contributed by atoms with Gasteiger partial charge in [-0.2, -0.15) is 0 Å². The topological polar surface area (TPSA) is 30.2 Å². The Labute approximate surface area is 156 Å². The number of hydrogen-bond donors (Lipinski definition) is 0.